The second-order valence-corrected chi connectivity index (χ2v) is 15.5. The van der Waals surface area contributed by atoms with E-state index in [1.54, 1.807) is 0 Å². The van der Waals surface area contributed by atoms with Gasteiger partial charge in [0.15, 0.2) is 6.29 Å². The Balaban J connectivity index is 1.14. The smallest absolute Gasteiger partial charge is 0.220 e. The summed E-state index contributed by atoms with van der Waals surface area (Å²) in [5.41, 5.74) is 0. The monoisotopic (exact) mass is 595 g/mol. The van der Waals surface area contributed by atoms with Crippen LogP contribution in [-0.4, -0.2) is 102 Å². The van der Waals surface area contributed by atoms with E-state index in [1.807, 2.05) is 43.2 Å². The lowest BCUT2D eigenvalue weighted by atomic mass is 10.1. The van der Waals surface area contributed by atoms with Crippen molar-refractivity contribution in [2.75, 3.05) is 57.4 Å². The summed E-state index contributed by atoms with van der Waals surface area (Å²) in [6.07, 6.45) is 9.00. The molecule has 214 valence electrons. The largest absolute Gasteiger partial charge is 0.389 e. The summed E-state index contributed by atoms with van der Waals surface area (Å²) in [5.74, 6) is 2.63. The van der Waals surface area contributed by atoms with Gasteiger partial charge in [0.2, 0.25) is 11.8 Å². The van der Waals surface area contributed by atoms with Gasteiger partial charge in [-0.25, -0.2) is 0 Å². The van der Waals surface area contributed by atoms with E-state index in [1.165, 1.54) is 37.2 Å². The van der Waals surface area contributed by atoms with Gasteiger partial charge in [-0.1, -0.05) is 56.0 Å². The number of amides is 2. The predicted molar refractivity (Wildman–Crippen MR) is 158 cm³/mol. The Morgan fingerprint density at radius 1 is 0.973 bits per heavy atom. The molecule has 3 rings (SSSR count). The number of carbonyl (C=O) groups excluding carboxylic acids is 2. The van der Waals surface area contributed by atoms with Gasteiger partial charge in [-0.2, -0.15) is 0 Å². The Morgan fingerprint density at radius 3 is 2.24 bits per heavy atom. The van der Waals surface area contributed by atoms with Crippen molar-refractivity contribution in [3.05, 3.63) is 0 Å². The molecule has 4 atom stereocenters. The van der Waals surface area contributed by atoms with Crippen molar-refractivity contribution in [3.63, 3.8) is 0 Å². The topological polar surface area (TPSA) is 100 Å². The molecule has 3 aliphatic heterocycles. The SMILES string of the molecule is O=C(CCCC[C@@H]1CCSS1)NCCN1CCOC(OCC(O)CNC(=O)CCCC[C@@H]2CCSS2)C1. The van der Waals surface area contributed by atoms with Crippen molar-refractivity contribution in [1.82, 2.24) is 15.5 Å². The molecule has 3 heterocycles. The lowest BCUT2D eigenvalue weighted by molar-refractivity contribution is -0.189. The van der Waals surface area contributed by atoms with Crippen molar-refractivity contribution in [2.24, 2.45) is 0 Å². The zero-order valence-corrected chi connectivity index (χ0v) is 25.2. The highest BCUT2D eigenvalue weighted by molar-refractivity contribution is 8.77. The fourth-order valence-corrected chi connectivity index (χ4v) is 10.5. The molecule has 12 heteroatoms. The molecular formula is C25H45N3O5S4. The standard InChI is InChI=1S/C25H45N3O5S4/c29-20(17-27-24(31)8-4-2-6-22-10-16-35-37-22)19-33-25-18-28(13-14-32-25)12-11-26-23(30)7-3-1-5-21-9-15-34-36-21/h20-22,25,29H,1-19H2,(H,26,30)(H,27,31)/t20?,21-,22-,25?/m1/s1. The zero-order chi connectivity index (χ0) is 26.1. The number of carbonyl (C=O) groups is 2. The summed E-state index contributed by atoms with van der Waals surface area (Å²) in [6, 6.07) is 0. The minimum absolute atomic E-state index is 0.0124. The number of morpholine rings is 1. The number of aliphatic hydroxyl groups excluding tert-OH is 1. The molecule has 0 spiro atoms. The third-order valence-electron chi connectivity index (χ3n) is 6.69. The Kier molecular flexibility index (Phi) is 16.5. The third-order valence-corrected chi connectivity index (χ3v) is 12.7. The van der Waals surface area contributed by atoms with Crippen LogP contribution in [0.15, 0.2) is 0 Å². The van der Waals surface area contributed by atoms with Crippen LogP contribution in [0.25, 0.3) is 0 Å². The first-order valence-electron chi connectivity index (χ1n) is 13.8. The minimum atomic E-state index is -0.764. The van der Waals surface area contributed by atoms with Crippen LogP contribution in [0.3, 0.4) is 0 Å². The van der Waals surface area contributed by atoms with Crippen LogP contribution in [0, 0.1) is 0 Å². The van der Waals surface area contributed by atoms with E-state index in [0.717, 1.165) is 49.3 Å². The lowest BCUT2D eigenvalue weighted by Crippen LogP contribution is -2.47. The fourth-order valence-electron chi connectivity index (χ4n) is 4.46. The van der Waals surface area contributed by atoms with Crippen LogP contribution >= 0.6 is 43.2 Å². The highest BCUT2D eigenvalue weighted by Crippen LogP contribution is 2.40. The minimum Gasteiger partial charge on any atom is -0.389 e. The average Bonchev–Trinajstić information content (AvgIpc) is 3.62. The van der Waals surface area contributed by atoms with E-state index in [-0.39, 0.29) is 25.0 Å². The molecule has 0 aliphatic carbocycles. The molecule has 0 saturated carbocycles. The van der Waals surface area contributed by atoms with E-state index in [4.69, 9.17) is 9.47 Å². The van der Waals surface area contributed by atoms with Crippen molar-refractivity contribution >= 4 is 55.0 Å². The molecule has 3 saturated heterocycles. The first-order chi connectivity index (χ1) is 18.1. The molecule has 0 aromatic heterocycles. The third kappa shape index (κ3) is 14.4. The Hall–Kier alpha value is 0.180. The molecular weight excluding hydrogens is 551 g/mol. The average molecular weight is 596 g/mol. The van der Waals surface area contributed by atoms with Crippen molar-refractivity contribution in [1.29, 1.82) is 0 Å². The number of ether oxygens (including phenoxy) is 2. The maximum Gasteiger partial charge on any atom is 0.220 e. The molecule has 2 unspecified atom stereocenters. The zero-order valence-electron chi connectivity index (χ0n) is 21.9. The van der Waals surface area contributed by atoms with Crippen molar-refractivity contribution < 1.29 is 24.2 Å². The van der Waals surface area contributed by atoms with Gasteiger partial charge in [0, 0.05) is 67.6 Å². The number of nitrogens with zero attached hydrogens (tertiary/aromatic N) is 1. The number of unbranched alkanes of at least 4 members (excludes halogenated alkanes) is 2. The van der Waals surface area contributed by atoms with Gasteiger partial charge in [0.05, 0.1) is 19.3 Å². The number of hydrogen-bond acceptors (Lipinski definition) is 10. The highest BCUT2D eigenvalue weighted by atomic mass is 33.1. The summed E-state index contributed by atoms with van der Waals surface area (Å²) in [4.78, 5) is 26.4. The first-order valence-corrected chi connectivity index (χ1v) is 18.6. The summed E-state index contributed by atoms with van der Waals surface area (Å²) in [5, 5.41) is 17.6. The van der Waals surface area contributed by atoms with Gasteiger partial charge in [-0.3, -0.25) is 14.5 Å². The van der Waals surface area contributed by atoms with Crippen LogP contribution < -0.4 is 10.6 Å². The molecule has 3 N–H and O–H groups in total. The predicted octanol–water partition coefficient (Wildman–Crippen LogP) is 3.68. The maximum atomic E-state index is 12.1. The highest BCUT2D eigenvalue weighted by Gasteiger charge is 2.22. The van der Waals surface area contributed by atoms with Crippen LogP contribution in [-0.2, 0) is 19.1 Å². The van der Waals surface area contributed by atoms with E-state index in [2.05, 4.69) is 15.5 Å². The second kappa shape index (κ2) is 19.3. The molecule has 0 radical (unpaired) electrons. The van der Waals surface area contributed by atoms with Gasteiger partial charge < -0.3 is 25.2 Å². The molecule has 0 aromatic rings. The number of nitrogens with one attached hydrogen (secondary N) is 2. The lowest BCUT2D eigenvalue weighted by Gasteiger charge is -2.33. The van der Waals surface area contributed by atoms with E-state index >= 15 is 0 Å². The van der Waals surface area contributed by atoms with Crippen molar-refractivity contribution in [2.45, 2.75) is 87.1 Å². The van der Waals surface area contributed by atoms with Crippen LogP contribution in [0.5, 0.6) is 0 Å². The molecule has 0 bridgehead atoms. The van der Waals surface area contributed by atoms with Gasteiger partial charge in [-0.15, -0.1) is 0 Å². The number of hydrogen-bond donors (Lipinski definition) is 3. The number of aliphatic hydroxyl groups is 1. The van der Waals surface area contributed by atoms with Crippen molar-refractivity contribution in [3.8, 4) is 0 Å². The molecule has 37 heavy (non-hydrogen) atoms. The molecule has 2 amide bonds. The van der Waals surface area contributed by atoms with Gasteiger partial charge in [0.25, 0.3) is 0 Å². The molecule has 0 aromatic carbocycles. The van der Waals surface area contributed by atoms with Gasteiger partial charge >= 0.3 is 0 Å². The Labute approximate surface area is 238 Å². The molecule has 3 aliphatic rings. The van der Waals surface area contributed by atoms with E-state index in [0.29, 0.717) is 32.5 Å². The molecule has 8 nitrogen and oxygen atoms in total. The first kappa shape index (κ1) is 31.7. The molecule has 3 fully saturated rings. The van der Waals surface area contributed by atoms with E-state index < -0.39 is 12.4 Å². The van der Waals surface area contributed by atoms with Crippen LogP contribution in [0.2, 0.25) is 0 Å². The Morgan fingerprint density at radius 2 is 1.62 bits per heavy atom. The Bertz CT molecular complexity index is 654. The van der Waals surface area contributed by atoms with Gasteiger partial charge in [-0.05, 0) is 38.5 Å². The second-order valence-electron chi connectivity index (χ2n) is 9.89. The van der Waals surface area contributed by atoms with E-state index in [9.17, 15) is 14.7 Å². The van der Waals surface area contributed by atoms with Gasteiger partial charge in [0.1, 0.15) is 0 Å². The summed E-state index contributed by atoms with van der Waals surface area (Å²) < 4.78 is 11.4. The van der Waals surface area contributed by atoms with Crippen LogP contribution in [0.1, 0.15) is 64.2 Å². The summed E-state index contributed by atoms with van der Waals surface area (Å²) in [7, 11) is 7.91. The summed E-state index contributed by atoms with van der Waals surface area (Å²) >= 11 is 0. The normalized spacial score (nSPS) is 25.3. The van der Waals surface area contributed by atoms with Crippen LogP contribution in [0.4, 0.5) is 0 Å². The fraction of sp³-hybridized carbons (Fsp3) is 0.920. The summed E-state index contributed by atoms with van der Waals surface area (Å²) in [6.45, 7) is 3.63. The number of rotatable bonds is 18. The maximum absolute atomic E-state index is 12.1. The quantitative estimate of drug-likeness (QED) is 0.161.